The van der Waals surface area contributed by atoms with Crippen LogP contribution in [0.25, 0.3) is 0 Å². The average Bonchev–Trinajstić information content (AvgIpc) is 2.55. The van der Waals surface area contributed by atoms with Crippen molar-refractivity contribution in [1.82, 2.24) is 5.32 Å². The monoisotopic (exact) mass is 351 g/mol. The van der Waals surface area contributed by atoms with Crippen LogP contribution in [0, 0.1) is 0 Å². The lowest BCUT2D eigenvalue weighted by Crippen LogP contribution is -2.27. The number of halogens is 2. The van der Waals surface area contributed by atoms with E-state index >= 15 is 0 Å². The summed E-state index contributed by atoms with van der Waals surface area (Å²) in [5.41, 5.74) is 1.94. The molecule has 0 spiro atoms. The summed E-state index contributed by atoms with van der Waals surface area (Å²) in [6.07, 6.45) is 0.999. The van der Waals surface area contributed by atoms with E-state index in [0.717, 1.165) is 16.9 Å². The zero-order valence-corrected chi connectivity index (χ0v) is 14.6. The first-order valence-corrected chi connectivity index (χ1v) is 8.13. The van der Waals surface area contributed by atoms with Crippen molar-refractivity contribution in [3.63, 3.8) is 0 Å². The number of carbonyl (C=O) groups excluding carboxylic acids is 1. The number of nitrogens with one attached hydrogen (secondary N) is 1. The molecule has 1 N–H and O–H groups in total. The van der Waals surface area contributed by atoms with Gasteiger partial charge in [0.05, 0.1) is 23.2 Å². The maximum atomic E-state index is 12.1. The molecule has 3 nitrogen and oxygen atoms in total. The Hall–Kier alpha value is -1.71. The molecule has 0 heterocycles. The Morgan fingerprint density at radius 2 is 1.91 bits per heavy atom. The van der Waals surface area contributed by atoms with Crippen molar-refractivity contribution in [2.24, 2.45) is 0 Å². The fourth-order valence-corrected chi connectivity index (χ4v) is 2.69. The highest BCUT2D eigenvalue weighted by Gasteiger charge is 2.13. The normalized spacial score (nSPS) is 11.8. The van der Waals surface area contributed by atoms with Gasteiger partial charge in [0.25, 0.3) is 0 Å². The van der Waals surface area contributed by atoms with Gasteiger partial charge in [0, 0.05) is 12.0 Å². The maximum absolute atomic E-state index is 12.1. The summed E-state index contributed by atoms with van der Waals surface area (Å²) in [6, 6.07) is 13.0. The fraction of sp³-hybridized carbons (Fsp3) is 0.278. The summed E-state index contributed by atoms with van der Waals surface area (Å²) >= 11 is 11.9. The molecule has 0 fully saturated rings. The Bertz CT molecular complexity index is 688. The van der Waals surface area contributed by atoms with Crippen LogP contribution in [-0.4, -0.2) is 13.0 Å². The number of amides is 1. The van der Waals surface area contributed by atoms with Crippen LogP contribution in [0.4, 0.5) is 0 Å². The van der Waals surface area contributed by atoms with Gasteiger partial charge in [-0.1, -0.05) is 47.5 Å². The second kappa shape index (κ2) is 8.23. The third-order valence-electron chi connectivity index (χ3n) is 3.61. The number of hydrogen-bond acceptors (Lipinski definition) is 2. The molecule has 0 aliphatic carbocycles. The summed E-state index contributed by atoms with van der Waals surface area (Å²) in [5.74, 6) is 0.749. The van der Waals surface area contributed by atoms with Gasteiger partial charge in [-0.25, -0.2) is 0 Å². The van der Waals surface area contributed by atoms with Crippen LogP contribution >= 0.6 is 23.2 Å². The van der Waals surface area contributed by atoms with E-state index in [1.165, 1.54) is 0 Å². The molecule has 2 aromatic rings. The predicted octanol–water partition coefficient (Wildman–Crippen LogP) is 4.81. The van der Waals surface area contributed by atoms with E-state index in [1.807, 2.05) is 37.3 Å². The van der Waals surface area contributed by atoms with Crippen LogP contribution in [0.5, 0.6) is 5.75 Å². The van der Waals surface area contributed by atoms with Crippen molar-refractivity contribution in [3.05, 3.63) is 63.6 Å². The van der Waals surface area contributed by atoms with Crippen LogP contribution in [0.1, 0.15) is 30.5 Å². The Balaban J connectivity index is 1.92. The molecule has 1 atom stereocenters. The highest BCUT2D eigenvalue weighted by molar-refractivity contribution is 6.42. The molecular formula is C18H19Cl2NO2. The minimum atomic E-state index is -0.118. The van der Waals surface area contributed by atoms with Crippen LogP contribution in [0.15, 0.2) is 42.5 Å². The summed E-state index contributed by atoms with van der Waals surface area (Å²) in [7, 11) is 1.62. The van der Waals surface area contributed by atoms with Gasteiger partial charge in [-0.15, -0.1) is 0 Å². The Kier molecular flexibility index (Phi) is 6.31. The van der Waals surface area contributed by atoms with E-state index in [2.05, 4.69) is 5.32 Å². The van der Waals surface area contributed by atoms with E-state index in [0.29, 0.717) is 22.9 Å². The molecule has 0 aromatic heterocycles. The van der Waals surface area contributed by atoms with Gasteiger partial charge in [0.15, 0.2) is 0 Å². The number of carbonyl (C=O) groups is 1. The molecule has 0 aliphatic rings. The van der Waals surface area contributed by atoms with Crippen molar-refractivity contribution in [2.75, 3.05) is 7.11 Å². The fourth-order valence-electron chi connectivity index (χ4n) is 2.37. The van der Waals surface area contributed by atoms with E-state index < -0.39 is 0 Å². The highest BCUT2D eigenvalue weighted by atomic mass is 35.5. The van der Waals surface area contributed by atoms with E-state index in [4.69, 9.17) is 27.9 Å². The van der Waals surface area contributed by atoms with Crippen LogP contribution in [0.2, 0.25) is 10.0 Å². The standard InChI is InChI=1S/C18H19Cl2NO2/c1-12(14-5-3-4-6-17(14)23-2)21-18(22)10-8-13-7-9-15(19)16(20)11-13/h3-7,9,11-12H,8,10H2,1-2H3,(H,21,22)/t12-/m0/s1. The van der Waals surface area contributed by atoms with Gasteiger partial charge in [-0.05, 0) is 37.1 Å². The van der Waals surface area contributed by atoms with Crippen molar-refractivity contribution in [1.29, 1.82) is 0 Å². The highest BCUT2D eigenvalue weighted by Crippen LogP contribution is 2.25. The number of rotatable bonds is 6. The number of benzene rings is 2. The lowest BCUT2D eigenvalue weighted by atomic mass is 10.1. The molecule has 2 rings (SSSR count). The van der Waals surface area contributed by atoms with Crippen molar-refractivity contribution < 1.29 is 9.53 Å². The molecular weight excluding hydrogens is 333 g/mol. The van der Waals surface area contributed by atoms with Crippen LogP contribution in [-0.2, 0) is 11.2 Å². The van der Waals surface area contributed by atoms with Gasteiger partial charge in [0.2, 0.25) is 5.91 Å². The second-order valence-corrected chi connectivity index (χ2v) is 6.09. The minimum Gasteiger partial charge on any atom is -0.496 e. The molecule has 0 unspecified atom stereocenters. The predicted molar refractivity (Wildman–Crippen MR) is 94.3 cm³/mol. The molecule has 0 aliphatic heterocycles. The first-order valence-electron chi connectivity index (χ1n) is 7.37. The van der Waals surface area contributed by atoms with Gasteiger partial charge >= 0.3 is 0 Å². The van der Waals surface area contributed by atoms with Crippen molar-refractivity contribution >= 4 is 29.1 Å². The first kappa shape index (κ1) is 17.6. The smallest absolute Gasteiger partial charge is 0.220 e. The number of para-hydroxylation sites is 1. The van der Waals surface area contributed by atoms with Gasteiger partial charge in [-0.2, -0.15) is 0 Å². The Morgan fingerprint density at radius 1 is 1.17 bits per heavy atom. The molecule has 0 saturated carbocycles. The third kappa shape index (κ3) is 4.88. The summed E-state index contributed by atoms with van der Waals surface area (Å²) < 4.78 is 5.32. The zero-order valence-electron chi connectivity index (χ0n) is 13.1. The second-order valence-electron chi connectivity index (χ2n) is 5.28. The van der Waals surface area contributed by atoms with Crippen LogP contribution in [0.3, 0.4) is 0 Å². The van der Waals surface area contributed by atoms with E-state index in [9.17, 15) is 4.79 Å². The molecule has 23 heavy (non-hydrogen) atoms. The third-order valence-corrected chi connectivity index (χ3v) is 4.35. The lowest BCUT2D eigenvalue weighted by Gasteiger charge is -2.17. The summed E-state index contributed by atoms with van der Waals surface area (Å²) in [6.45, 7) is 1.94. The van der Waals surface area contributed by atoms with E-state index in [-0.39, 0.29) is 11.9 Å². The minimum absolute atomic E-state index is 0.0190. The number of aryl methyl sites for hydroxylation is 1. The van der Waals surface area contributed by atoms with Crippen molar-refractivity contribution in [2.45, 2.75) is 25.8 Å². The molecule has 0 bridgehead atoms. The Morgan fingerprint density at radius 3 is 2.61 bits per heavy atom. The Labute approximate surface area is 146 Å². The quantitative estimate of drug-likeness (QED) is 0.810. The molecule has 5 heteroatoms. The number of methoxy groups -OCH3 is 1. The van der Waals surface area contributed by atoms with Gasteiger partial charge in [0.1, 0.15) is 5.75 Å². The van der Waals surface area contributed by atoms with Crippen molar-refractivity contribution in [3.8, 4) is 5.75 Å². The molecule has 2 aromatic carbocycles. The SMILES string of the molecule is COc1ccccc1[C@H](C)NC(=O)CCc1ccc(Cl)c(Cl)c1. The maximum Gasteiger partial charge on any atom is 0.220 e. The molecule has 0 saturated heterocycles. The van der Waals surface area contributed by atoms with Crippen LogP contribution < -0.4 is 10.1 Å². The van der Waals surface area contributed by atoms with Gasteiger partial charge < -0.3 is 10.1 Å². The van der Waals surface area contributed by atoms with Gasteiger partial charge in [-0.3, -0.25) is 4.79 Å². The molecule has 0 radical (unpaired) electrons. The number of hydrogen-bond donors (Lipinski definition) is 1. The lowest BCUT2D eigenvalue weighted by molar-refractivity contribution is -0.121. The largest absolute Gasteiger partial charge is 0.496 e. The topological polar surface area (TPSA) is 38.3 Å². The number of ether oxygens (including phenoxy) is 1. The summed E-state index contributed by atoms with van der Waals surface area (Å²) in [4.78, 5) is 12.1. The molecule has 1 amide bonds. The first-order chi connectivity index (χ1) is 11.0. The average molecular weight is 352 g/mol. The zero-order chi connectivity index (χ0) is 16.8. The van der Waals surface area contributed by atoms with E-state index in [1.54, 1.807) is 19.2 Å². The molecule has 122 valence electrons. The summed E-state index contributed by atoms with van der Waals surface area (Å²) in [5, 5.41) is 4.01.